The van der Waals surface area contributed by atoms with E-state index in [0.717, 1.165) is 22.2 Å². The Morgan fingerprint density at radius 2 is 2.36 bits per heavy atom. The van der Waals surface area contributed by atoms with E-state index in [4.69, 9.17) is 0 Å². The van der Waals surface area contributed by atoms with Crippen molar-refractivity contribution in [2.24, 2.45) is 0 Å². The average Bonchev–Trinajstić information content (AvgIpc) is 2.68. The van der Waals surface area contributed by atoms with Gasteiger partial charge in [-0.25, -0.2) is 0 Å². The van der Waals surface area contributed by atoms with Gasteiger partial charge in [-0.15, -0.1) is 10.2 Å². The van der Waals surface area contributed by atoms with Crippen LogP contribution in [0.2, 0.25) is 0 Å². The lowest BCUT2D eigenvalue weighted by Crippen LogP contribution is -1.94. The Morgan fingerprint density at radius 1 is 1.43 bits per heavy atom. The topological polar surface area (TPSA) is 50.7 Å². The van der Waals surface area contributed by atoms with E-state index >= 15 is 0 Å². The maximum Gasteiger partial charge on any atom is 0.205 e. The highest BCUT2D eigenvalue weighted by atomic mass is 32.1. The van der Waals surface area contributed by atoms with Crippen LogP contribution in [0.25, 0.3) is 10.6 Å². The molecule has 4 nitrogen and oxygen atoms in total. The van der Waals surface area contributed by atoms with E-state index in [0.29, 0.717) is 0 Å². The van der Waals surface area contributed by atoms with Gasteiger partial charge in [0.2, 0.25) is 5.13 Å². The normalized spacial score (nSPS) is 10.1. The molecule has 0 aliphatic carbocycles. The molecule has 0 aliphatic rings. The number of hydrogen-bond donors (Lipinski definition) is 1. The molecule has 0 aliphatic heterocycles. The first-order valence-corrected chi connectivity index (χ1v) is 5.19. The second kappa shape index (κ2) is 4.15. The predicted molar refractivity (Wildman–Crippen MR) is 57.3 cm³/mol. The average molecular weight is 206 g/mol. The van der Waals surface area contributed by atoms with Crippen molar-refractivity contribution in [1.29, 1.82) is 0 Å². The monoisotopic (exact) mass is 206 g/mol. The quantitative estimate of drug-likeness (QED) is 0.834. The number of hydrogen-bond acceptors (Lipinski definition) is 5. The molecule has 72 valence electrons. The largest absolute Gasteiger partial charge is 0.360 e. The maximum atomic E-state index is 4.07. The molecule has 0 saturated carbocycles. The summed E-state index contributed by atoms with van der Waals surface area (Å²) in [6, 6.07) is 3.87. The molecular formula is C9H10N4S. The SMILES string of the molecule is CCNc1nnc(-c2cccnc2)s1. The van der Waals surface area contributed by atoms with E-state index in [1.807, 2.05) is 19.1 Å². The van der Waals surface area contributed by atoms with E-state index in [1.54, 1.807) is 12.4 Å². The Bertz CT molecular complexity index is 398. The number of anilines is 1. The van der Waals surface area contributed by atoms with Gasteiger partial charge >= 0.3 is 0 Å². The van der Waals surface area contributed by atoms with Crippen LogP contribution in [0.1, 0.15) is 6.92 Å². The van der Waals surface area contributed by atoms with Crippen LogP contribution >= 0.6 is 11.3 Å². The molecule has 2 heterocycles. The summed E-state index contributed by atoms with van der Waals surface area (Å²) in [5, 5.41) is 13.0. The first kappa shape index (κ1) is 9.08. The number of nitrogens with one attached hydrogen (secondary N) is 1. The zero-order valence-electron chi connectivity index (χ0n) is 7.77. The van der Waals surface area contributed by atoms with Gasteiger partial charge in [0.1, 0.15) is 0 Å². The van der Waals surface area contributed by atoms with Crippen molar-refractivity contribution in [2.45, 2.75) is 6.92 Å². The number of aromatic nitrogens is 3. The van der Waals surface area contributed by atoms with Crippen molar-refractivity contribution in [2.75, 3.05) is 11.9 Å². The van der Waals surface area contributed by atoms with Gasteiger partial charge in [0.25, 0.3) is 0 Å². The molecule has 0 atom stereocenters. The first-order valence-electron chi connectivity index (χ1n) is 4.38. The van der Waals surface area contributed by atoms with Crippen molar-refractivity contribution < 1.29 is 0 Å². The Hall–Kier alpha value is -1.49. The number of rotatable bonds is 3. The maximum absolute atomic E-state index is 4.07. The Labute approximate surface area is 86.0 Å². The van der Waals surface area contributed by atoms with E-state index in [2.05, 4.69) is 20.5 Å². The van der Waals surface area contributed by atoms with Gasteiger partial charge in [-0.3, -0.25) is 4.98 Å². The van der Waals surface area contributed by atoms with Crippen molar-refractivity contribution in [1.82, 2.24) is 15.2 Å². The fourth-order valence-electron chi connectivity index (χ4n) is 1.05. The zero-order chi connectivity index (χ0) is 9.80. The molecule has 2 aromatic rings. The van der Waals surface area contributed by atoms with Gasteiger partial charge in [0.15, 0.2) is 5.01 Å². The van der Waals surface area contributed by atoms with Crippen LogP contribution in [0.5, 0.6) is 0 Å². The molecule has 0 spiro atoms. The standard InChI is InChI=1S/C9H10N4S/c1-2-11-9-13-12-8(14-9)7-4-3-5-10-6-7/h3-6H,2H2,1H3,(H,11,13). The molecule has 0 radical (unpaired) electrons. The summed E-state index contributed by atoms with van der Waals surface area (Å²) >= 11 is 1.54. The molecule has 0 fully saturated rings. The van der Waals surface area contributed by atoms with Gasteiger partial charge in [-0.1, -0.05) is 11.3 Å². The second-order valence-electron chi connectivity index (χ2n) is 2.68. The molecule has 0 aromatic carbocycles. The Morgan fingerprint density at radius 3 is 3.07 bits per heavy atom. The molecule has 0 bridgehead atoms. The van der Waals surface area contributed by atoms with Crippen LogP contribution in [0.15, 0.2) is 24.5 Å². The minimum Gasteiger partial charge on any atom is -0.360 e. The molecule has 5 heteroatoms. The fraction of sp³-hybridized carbons (Fsp3) is 0.222. The first-order chi connectivity index (χ1) is 6.90. The van der Waals surface area contributed by atoms with Crippen LogP contribution in [-0.2, 0) is 0 Å². The van der Waals surface area contributed by atoms with Crippen LogP contribution in [-0.4, -0.2) is 21.7 Å². The fourth-order valence-corrected chi connectivity index (χ4v) is 1.85. The summed E-state index contributed by atoms with van der Waals surface area (Å²) in [5.74, 6) is 0. The predicted octanol–water partition coefficient (Wildman–Crippen LogP) is 2.03. The van der Waals surface area contributed by atoms with E-state index in [-0.39, 0.29) is 0 Å². The summed E-state index contributed by atoms with van der Waals surface area (Å²) in [5.41, 5.74) is 1.01. The van der Waals surface area contributed by atoms with Gasteiger partial charge < -0.3 is 5.32 Å². The van der Waals surface area contributed by atoms with Crippen LogP contribution in [0, 0.1) is 0 Å². The van der Waals surface area contributed by atoms with E-state index < -0.39 is 0 Å². The number of nitrogens with zero attached hydrogens (tertiary/aromatic N) is 3. The smallest absolute Gasteiger partial charge is 0.205 e. The minimum atomic E-state index is 0.853. The summed E-state index contributed by atoms with van der Waals surface area (Å²) in [6.45, 7) is 2.90. The van der Waals surface area contributed by atoms with Gasteiger partial charge in [0, 0.05) is 24.5 Å². The highest BCUT2D eigenvalue weighted by Crippen LogP contribution is 2.24. The molecule has 0 amide bonds. The minimum absolute atomic E-state index is 0.853. The van der Waals surface area contributed by atoms with Crippen molar-refractivity contribution in [3.05, 3.63) is 24.5 Å². The Balaban J connectivity index is 2.25. The molecular weight excluding hydrogens is 196 g/mol. The van der Waals surface area contributed by atoms with Gasteiger partial charge in [-0.05, 0) is 19.1 Å². The summed E-state index contributed by atoms with van der Waals surface area (Å²) in [4.78, 5) is 4.03. The Kier molecular flexibility index (Phi) is 2.69. The lowest BCUT2D eigenvalue weighted by Gasteiger charge is -1.92. The van der Waals surface area contributed by atoms with Crippen molar-refractivity contribution >= 4 is 16.5 Å². The lowest BCUT2D eigenvalue weighted by molar-refractivity contribution is 1.07. The lowest BCUT2D eigenvalue weighted by atomic mass is 10.3. The summed E-state index contributed by atoms with van der Waals surface area (Å²) in [7, 11) is 0. The van der Waals surface area contributed by atoms with Crippen molar-refractivity contribution in [3.8, 4) is 10.6 Å². The molecule has 1 N–H and O–H groups in total. The third kappa shape index (κ3) is 1.88. The molecule has 0 unspecified atom stereocenters. The highest BCUT2D eigenvalue weighted by molar-refractivity contribution is 7.18. The summed E-state index contributed by atoms with van der Waals surface area (Å²) < 4.78 is 0. The van der Waals surface area contributed by atoms with E-state index in [1.165, 1.54) is 11.3 Å². The highest BCUT2D eigenvalue weighted by Gasteiger charge is 2.04. The summed E-state index contributed by atoms with van der Waals surface area (Å²) in [6.07, 6.45) is 3.53. The molecule has 2 aromatic heterocycles. The second-order valence-corrected chi connectivity index (χ2v) is 3.66. The molecule has 0 saturated heterocycles. The van der Waals surface area contributed by atoms with E-state index in [9.17, 15) is 0 Å². The number of pyridine rings is 1. The molecule has 14 heavy (non-hydrogen) atoms. The third-order valence-corrected chi connectivity index (χ3v) is 2.59. The molecule has 2 rings (SSSR count). The van der Waals surface area contributed by atoms with Gasteiger partial charge in [-0.2, -0.15) is 0 Å². The van der Waals surface area contributed by atoms with Crippen molar-refractivity contribution in [3.63, 3.8) is 0 Å². The van der Waals surface area contributed by atoms with Crippen LogP contribution in [0.4, 0.5) is 5.13 Å². The zero-order valence-corrected chi connectivity index (χ0v) is 8.58. The third-order valence-electron chi connectivity index (χ3n) is 1.66. The van der Waals surface area contributed by atoms with Gasteiger partial charge in [0.05, 0.1) is 0 Å². The van der Waals surface area contributed by atoms with Crippen LogP contribution < -0.4 is 5.32 Å². The van der Waals surface area contributed by atoms with Crippen LogP contribution in [0.3, 0.4) is 0 Å².